The molecule has 32 heavy (non-hydrogen) atoms. The third-order valence-electron chi connectivity index (χ3n) is 6.85. The van der Waals surface area contributed by atoms with Gasteiger partial charge in [-0.1, -0.05) is 26.0 Å². The predicted molar refractivity (Wildman–Crippen MR) is 123 cm³/mol. The third kappa shape index (κ3) is 3.79. The molecule has 2 fully saturated rings. The first-order chi connectivity index (χ1) is 15.0. The number of nitrogens with one attached hydrogen (secondary N) is 3. The number of anilines is 2. The van der Waals surface area contributed by atoms with Crippen molar-refractivity contribution in [2.45, 2.75) is 64.1 Å². The van der Waals surface area contributed by atoms with Gasteiger partial charge in [0.2, 0.25) is 5.91 Å². The van der Waals surface area contributed by atoms with Gasteiger partial charge in [0.1, 0.15) is 5.75 Å². The smallest absolute Gasteiger partial charge is 0.232 e. The molecule has 8 nitrogen and oxygen atoms in total. The van der Waals surface area contributed by atoms with Crippen molar-refractivity contribution in [3.63, 3.8) is 0 Å². The zero-order valence-electron chi connectivity index (χ0n) is 18.9. The van der Waals surface area contributed by atoms with Crippen LogP contribution in [0.3, 0.4) is 0 Å². The molecule has 2 aromatic rings. The molecule has 0 radical (unpaired) electrons. The molecule has 1 aliphatic heterocycles. The minimum Gasteiger partial charge on any atom is -0.505 e. The molecule has 0 unspecified atom stereocenters. The summed E-state index contributed by atoms with van der Waals surface area (Å²) in [6, 6.07) is 8.89. The van der Waals surface area contributed by atoms with Crippen LogP contribution in [0.25, 0.3) is 0 Å². The minimum absolute atomic E-state index is 0.0000490. The number of amides is 1. The number of phenolic OH excluding ortho intramolecular Hbond substituents is 1. The molecular weight excluding hydrogens is 406 g/mol. The number of aromatic nitrogens is 1. The zero-order valence-corrected chi connectivity index (χ0v) is 18.9. The van der Waals surface area contributed by atoms with Crippen molar-refractivity contribution in [3.05, 3.63) is 47.8 Å². The Morgan fingerprint density at radius 3 is 2.59 bits per heavy atom. The molecule has 8 heteroatoms. The lowest BCUT2D eigenvalue weighted by molar-refractivity contribution is -0.147. The van der Waals surface area contributed by atoms with Crippen molar-refractivity contribution in [1.82, 2.24) is 15.2 Å². The van der Waals surface area contributed by atoms with Gasteiger partial charge in [0.15, 0.2) is 5.96 Å². The van der Waals surface area contributed by atoms with Gasteiger partial charge in [0, 0.05) is 17.3 Å². The summed E-state index contributed by atoms with van der Waals surface area (Å²) in [7, 11) is 0. The molecule has 1 saturated heterocycles. The Bertz CT molecular complexity index is 1030. The molecule has 170 valence electrons. The first kappa shape index (κ1) is 22.1. The van der Waals surface area contributed by atoms with Crippen LogP contribution < -0.4 is 10.6 Å². The van der Waals surface area contributed by atoms with Gasteiger partial charge in [-0.25, -0.2) is 0 Å². The van der Waals surface area contributed by atoms with Crippen LogP contribution in [0.4, 0.5) is 11.4 Å². The van der Waals surface area contributed by atoms with E-state index in [1.54, 1.807) is 24.4 Å². The summed E-state index contributed by atoms with van der Waals surface area (Å²) in [5.41, 5.74) is 0.950. The molecule has 4 rings (SSSR count). The molecule has 1 atom stereocenters. The summed E-state index contributed by atoms with van der Waals surface area (Å²) in [6.07, 6.45) is 2.71. The van der Waals surface area contributed by atoms with Gasteiger partial charge in [-0.2, -0.15) is 0 Å². The van der Waals surface area contributed by atoms with E-state index in [0.717, 1.165) is 11.4 Å². The van der Waals surface area contributed by atoms with E-state index >= 15 is 0 Å². The number of hydrogen-bond donors (Lipinski definition) is 5. The van der Waals surface area contributed by atoms with Crippen LogP contribution in [0.15, 0.2) is 36.5 Å². The van der Waals surface area contributed by atoms with Crippen molar-refractivity contribution < 1.29 is 15.0 Å². The number of nitrogens with zero attached hydrogens (tertiary/aromatic N) is 2. The fourth-order valence-corrected chi connectivity index (χ4v) is 4.62. The van der Waals surface area contributed by atoms with Crippen molar-refractivity contribution >= 4 is 23.2 Å². The van der Waals surface area contributed by atoms with Crippen LogP contribution >= 0.6 is 0 Å². The van der Waals surface area contributed by atoms with Crippen LogP contribution in [0.5, 0.6) is 5.75 Å². The van der Waals surface area contributed by atoms with E-state index in [1.807, 2.05) is 39.8 Å². The summed E-state index contributed by atoms with van der Waals surface area (Å²) in [4.78, 5) is 18.8. The number of rotatable bonds is 5. The number of carbonyl (C=O) groups excluding carboxylic acids is 1. The number of hydrogen-bond acceptors (Lipinski definition) is 6. The van der Waals surface area contributed by atoms with E-state index in [2.05, 4.69) is 15.6 Å². The molecule has 1 amide bonds. The van der Waals surface area contributed by atoms with E-state index in [0.29, 0.717) is 24.1 Å². The van der Waals surface area contributed by atoms with Crippen LogP contribution in [-0.4, -0.2) is 43.6 Å². The Hall–Kier alpha value is -3.13. The first-order valence-corrected chi connectivity index (χ1v) is 11.0. The van der Waals surface area contributed by atoms with Crippen molar-refractivity contribution in [3.8, 4) is 5.75 Å². The Morgan fingerprint density at radius 1 is 1.28 bits per heavy atom. The lowest BCUT2D eigenvalue weighted by Gasteiger charge is -2.53. The molecule has 1 aromatic carbocycles. The standard InChI is InChI=1S/C24H31N5O3/c1-14(2)24(32)10-17(11-24)29-20(30)12-23(4,28-22(29)25)18-6-5-7-19(21(18)31)27-16-9-8-15(3)26-13-16/h5-9,13-14,17,27,31-32H,10-12H2,1-4H3,(H2,25,28)/t17-,23-,24+/m0/s1. The Morgan fingerprint density at radius 2 is 2.00 bits per heavy atom. The SMILES string of the molecule is Cc1ccc(Nc2cccc([C@]3(C)CC(=O)N([C@H]4C[C@](O)(C(C)C)C4)C(=N)N3)c2O)cn1. The summed E-state index contributed by atoms with van der Waals surface area (Å²) < 4.78 is 0. The lowest BCUT2D eigenvalue weighted by Crippen LogP contribution is -2.67. The summed E-state index contributed by atoms with van der Waals surface area (Å²) in [5, 5.41) is 36.4. The summed E-state index contributed by atoms with van der Waals surface area (Å²) >= 11 is 0. The monoisotopic (exact) mass is 437 g/mol. The highest BCUT2D eigenvalue weighted by molar-refractivity contribution is 6.00. The average molecular weight is 438 g/mol. The summed E-state index contributed by atoms with van der Waals surface area (Å²) in [6.45, 7) is 7.64. The molecule has 2 heterocycles. The summed E-state index contributed by atoms with van der Waals surface area (Å²) in [5.74, 6) is -0.0653. The number of aliphatic hydroxyl groups is 1. The van der Waals surface area contributed by atoms with Gasteiger partial charge < -0.3 is 20.8 Å². The number of benzene rings is 1. The molecule has 1 saturated carbocycles. The fourth-order valence-electron chi connectivity index (χ4n) is 4.62. The second-order valence-corrected chi connectivity index (χ2v) is 9.58. The Balaban J connectivity index is 1.54. The zero-order chi connectivity index (χ0) is 23.3. The quantitative estimate of drug-likeness (QED) is 0.457. The lowest BCUT2D eigenvalue weighted by atomic mass is 9.68. The van der Waals surface area contributed by atoms with Gasteiger partial charge in [-0.15, -0.1) is 0 Å². The van der Waals surface area contributed by atoms with Gasteiger partial charge >= 0.3 is 0 Å². The second-order valence-electron chi connectivity index (χ2n) is 9.58. The van der Waals surface area contributed by atoms with Crippen LogP contribution in [0, 0.1) is 18.3 Å². The highest BCUT2D eigenvalue weighted by Gasteiger charge is 2.52. The molecule has 1 aliphatic carbocycles. The number of aromatic hydroxyl groups is 1. The molecule has 1 aromatic heterocycles. The predicted octanol–water partition coefficient (Wildman–Crippen LogP) is 3.36. The van der Waals surface area contributed by atoms with Crippen molar-refractivity contribution in [2.75, 3.05) is 5.32 Å². The largest absolute Gasteiger partial charge is 0.505 e. The number of carbonyl (C=O) groups is 1. The van der Waals surface area contributed by atoms with E-state index in [-0.39, 0.29) is 36.0 Å². The number of phenols is 1. The van der Waals surface area contributed by atoms with Gasteiger partial charge in [-0.05, 0) is 50.8 Å². The van der Waals surface area contributed by atoms with Gasteiger partial charge in [0.25, 0.3) is 0 Å². The Kier molecular flexibility index (Phi) is 5.36. The van der Waals surface area contributed by atoms with Gasteiger partial charge in [0.05, 0.1) is 35.1 Å². The number of pyridine rings is 1. The highest BCUT2D eigenvalue weighted by Crippen LogP contribution is 2.44. The molecule has 5 N–H and O–H groups in total. The van der Waals surface area contributed by atoms with Crippen LogP contribution in [0.1, 0.15) is 51.3 Å². The van der Waals surface area contributed by atoms with E-state index in [9.17, 15) is 15.0 Å². The number of para-hydroxylation sites is 1. The maximum absolute atomic E-state index is 13.1. The van der Waals surface area contributed by atoms with E-state index in [1.165, 1.54) is 4.90 Å². The topological polar surface area (TPSA) is 122 Å². The van der Waals surface area contributed by atoms with Gasteiger partial charge in [-0.3, -0.25) is 20.1 Å². The Labute approximate surface area is 188 Å². The fraction of sp³-hybridized carbons (Fsp3) is 0.458. The van der Waals surface area contributed by atoms with Crippen LogP contribution in [-0.2, 0) is 10.3 Å². The molecule has 0 spiro atoms. The second kappa shape index (κ2) is 7.78. The van der Waals surface area contributed by atoms with Crippen molar-refractivity contribution in [1.29, 1.82) is 5.41 Å². The normalized spacial score (nSPS) is 27.8. The molecular formula is C24H31N5O3. The maximum atomic E-state index is 13.1. The first-order valence-electron chi connectivity index (χ1n) is 11.0. The molecule has 0 bridgehead atoms. The van der Waals surface area contributed by atoms with Crippen LogP contribution in [0.2, 0.25) is 0 Å². The van der Waals surface area contributed by atoms with E-state index < -0.39 is 11.1 Å². The molecule has 2 aliphatic rings. The third-order valence-corrected chi connectivity index (χ3v) is 6.85. The average Bonchev–Trinajstić information content (AvgIpc) is 2.68. The van der Waals surface area contributed by atoms with E-state index in [4.69, 9.17) is 5.41 Å². The maximum Gasteiger partial charge on any atom is 0.232 e. The minimum atomic E-state index is -0.934. The number of guanidine groups is 1. The van der Waals surface area contributed by atoms with Crippen molar-refractivity contribution in [2.24, 2.45) is 5.92 Å². The number of aryl methyl sites for hydroxylation is 1. The highest BCUT2D eigenvalue weighted by atomic mass is 16.3.